The van der Waals surface area contributed by atoms with Crippen molar-refractivity contribution in [2.24, 2.45) is 16.6 Å². The van der Waals surface area contributed by atoms with Crippen LogP contribution in [0.3, 0.4) is 0 Å². The van der Waals surface area contributed by atoms with E-state index in [9.17, 15) is 9.18 Å². The Hall–Kier alpha value is -2.61. The average Bonchev–Trinajstić information content (AvgIpc) is 3.13. The Labute approximate surface area is 166 Å². The molecule has 1 aliphatic heterocycles. The average molecular weight is 400 g/mol. The zero-order valence-corrected chi connectivity index (χ0v) is 16.3. The number of ether oxygens (including phenoxy) is 1. The Morgan fingerprint density at radius 1 is 1.39 bits per heavy atom. The summed E-state index contributed by atoms with van der Waals surface area (Å²) in [4.78, 5) is 21.3. The maximum absolute atomic E-state index is 14.8. The fraction of sp³-hybridized carbons (Fsp3) is 0.350. The van der Waals surface area contributed by atoms with Crippen molar-refractivity contribution in [1.29, 1.82) is 0 Å². The Bertz CT molecular complexity index is 934. The largest absolute Gasteiger partial charge is 0.495 e. The summed E-state index contributed by atoms with van der Waals surface area (Å²) >= 11 is 1.53. The first kappa shape index (κ1) is 18.7. The second-order valence-corrected chi connectivity index (χ2v) is 8.05. The van der Waals surface area contributed by atoms with Crippen molar-refractivity contribution in [3.8, 4) is 5.75 Å². The van der Waals surface area contributed by atoms with Crippen LogP contribution < -0.4 is 15.8 Å². The predicted octanol–water partition coefficient (Wildman–Crippen LogP) is 3.54. The number of thioether (sulfide) groups is 1. The number of carbonyl (C=O) groups excluding carboxylic acids is 1. The number of benzene rings is 1. The number of halogens is 1. The number of methoxy groups -OCH3 is 1. The van der Waals surface area contributed by atoms with Gasteiger partial charge in [-0.1, -0.05) is 18.2 Å². The summed E-state index contributed by atoms with van der Waals surface area (Å²) in [7, 11) is 1.53. The first-order chi connectivity index (χ1) is 13.5. The molecule has 2 aliphatic rings. The van der Waals surface area contributed by atoms with E-state index in [4.69, 9.17) is 10.5 Å². The molecule has 3 N–H and O–H groups in total. The summed E-state index contributed by atoms with van der Waals surface area (Å²) in [5, 5.41) is 3.29. The molecule has 1 aromatic heterocycles. The molecule has 1 fully saturated rings. The van der Waals surface area contributed by atoms with Gasteiger partial charge in [0.05, 0.1) is 18.8 Å². The zero-order valence-electron chi connectivity index (χ0n) is 15.4. The minimum absolute atomic E-state index is 0.244. The van der Waals surface area contributed by atoms with E-state index in [0.717, 1.165) is 25.0 Å². The lowest BCUT2D eigenvalue weighted by Crippen LogP contribution is -2.37. The topological polar surface area (TPSA) is 89.6 Å². The summed E-state index contributed by atoms with van der Waals surface area (Å²) in [6.45, 7) is 0. The molecule has 8 heteroatoms. The molecule has 0 radical (unpaired) electrons. The van der Waals surface area contributed by atoms with Crippen molar-refractivity contribution in [1.82, 2.24) is 4.98 Å². The predicted molar refractivity (Wildman–Crippen MR) is 108 cm³/mol. The van der Waals surface area contributed by atoms with E-state index in [0.29, 0.717) is 22.2 Å². The van der Waals surface area contributed by atoms with Crippen LogP contribution in [0.5, 0.6) is 5.75 Å². The highest BCUT2D eigenvalue weighted by Gasteiger charge is 2.48. The number of amides is 1. The number of hydrogen-bond acceptors (Lipinski definition) is 6. The van der Waals surface area contributed by atoms with Crippen molar-refractivity contribution in [2.45, 2.75) is 24.8 Å². The lowest BCUT2D eigenvalue weighted by Gasteiger charge is -2.36. The van der Waals surface area contributed by atoms with Gasteiger partial charge in [0.15, 0.2) is 5.17 Å². The molecule has 0 spiro atoms. The van der Waals surface area contributed by atoms with Crippen LogP contribution in [-0.4, -0.2) is 28.9 Å². The Morgan fingerprint density at radius 2 is 2.25 bits per heavy atom. The molecule has 28 heavy (non-hydrogen) atoms. The van der Waals surface area contributed by atoms with E-state index >= 15 is 0 Å². The van der Waals surface area contributed by atoms with Crippen LogP contribution in [0.25, 0.3) is 0 Å². The molecule has 1 aromatic carbocycles. The first-order valence-corrected chi connectivity index (χ1v) is 10.1. The van der Waals surface area contributed by atoms with Gasteiger partial charge < -0.3 is 15.8 Å². The molecule has 0 unspecified atom stereocenters. The molecule has 0 bridgehead atoms. The van der Waals surface area contributed by atoms with Gasteiger partial charge >= 0.3 is 0 Å². The molecule has 2 heterocycles. The summed E-state index contributed by atoms with van der Waals surface area (Å²) < 4.78 is 19.9. The Kier molecular flexibility index (Phi) is 4.97. The minimum atomic E-state index is -0.640. The van der Waals surface area contributed by atoms with Crippen LogP contribution >= 0.6 is 11.8 Å². The molecule has 6 nitrogen and oxygen atoms in total. The molecular weight excluding hydrogens is 379 g/mol. The van der Waals surface area contributed by atoms with Crippen molar-refractivity contribution in [3.05, 3.63) is 53.6 Å². The summed E-state index contributed by atoms with van der Waals surface area (Å²) in [5.74, 6) is 0.950. The monoisotopic (exact) mass is 400 g/mol. The third kappa shape index (κ3) is 3.32. The van der Waals surface area contributed by atoms with Gasteiger partial charge in [0.25, 0.3) is 5.91 Å². The molecule has 146 valence electrons. The van der Waals surface area contributed by atoms with Crippen molar-refractivity contribution in [3.63, 3.8) is 0 Å². The van der Waals surface area contributed by atoms with Gasteiger partial charge in [-0.2, -0.15) is 0 Å². The molecule has 4 rings (SSSR count). The number of aromatic nitrogens is 1. The van der Waals surface area contributed by atoms with Crippen LogP contribution in [0.15, 0.2) is 41.5 Å². The highest BCUT2D eigenvalue weighted by atomic mass is 32.2. The van der Waals surface area contributed by atoms with Crippen LogP contribution in [0.2, 0.25) is 0 Å². The minimum Gasteiger partial charge on any atom is -0.495 e. The molecule has 1 saturated carbocycles. The standard InChI is InChI=1S/C20H21FN4O2S/c1-27-14-5-7-17(23-10-14)18(26)24-13-4-6-16(21)15(9-13)20-8-2-3-12(20)11-28-19(22)25-20/h4-7,9-10,12H,2-3,8,11H2,1H3,(H2,22,25)(H,24,26)/t12-,20-/m0/s1. The van der Waals surface area contributed by atoms with Crippen molar-refractivity contribution in [2.75, 3.05) is 18.2 Å². The molecule has 0 saturated heterocycles. The van der Waals surface area contributed by atoms with E-state index in [1.165, 1.54) is 31.1 Å². The summed E-state index contributed by atoms with van der Waals surface area (Å²) in [6, 6.07) is 7.85. The number of hydrogen-bond donors (Lipinski definition) is 2. The molecule has 1 aliphatic carbocycles. The maximum Gasteiger partial charge on any atom is 0.274 e. The Balaban J connectivity index is 1.64. The number of nitrogens with one attached hydrogen (secondary N) is 1. The van der Waals surface area contributed by atoms with Gasteiger partial charge in [0.2, 0.25) is 0 Å². The lowest BCUT2D eigenvalue weighted by atomic mass is 9.81. The van der Waals surface area contributed by atoms with Crippen LogP contribution in [0.1, 0.15) is 35.3 Å². The third-order valence-electron chi connectivity index (χ3n) is 5.42. The van der Waals surface area contributed by atoms with Gasteiger partial charge in [-0.25, -0.2) is 9.37 Å². The van der Waals surface area contributed by atoms with E-state index in [1.807, 2.05) is 0 Å². The van der Waals surface area contributed by atoms with E-state index < -0.39 is 5.54 Å². The number of aliphatic imine (C=N–C) groups is 1. The van der Waals surface area contributed by atoms with Gasteiger partial charge in [0.1, 0.15) is 17.3 Å². The smallest absolute Gasteiger partial charge is 0.274 e. The number of rotatable bonds is 4. The molecule has 2 atom stereocenters. The van der Waals surface area contributed by atoms with Gasteiger partial charge in [-0.15, -0.1) is 0 Å². The van der Waals surface area contributed by atoms with E-state index in [-0.39, 0.29) is 23.3 Å². The first-order valence-electron chi connectivity index (χ1n) is 9.11. The highest BCUT2D eigenvalue weighted by molar-refractivity contribution is 8.13. The number of pyridine rings is 1. The number of nitrogens with zero attached hydrogens (tertiary/aromatic N) is 2. The fourth-order valence-corrected chi connectivity index (χ4v) is 5.07. The van der Waals surface area contributed by atoms with Crippen molar-refractivity contribution < 1.29 is 13.9 Å². The molecule has 1 amide bonds. The SMILES string of the molecule is COc1ccc(C(=O)Nc2ccc(F)c([C@]34CCC[C@H]3CSC(N)=N4)c2)nc1. The quantitative estimate of drug-likeness (QED) is 0.819. The van der Waals surface area contributed by atoms with Crippen LogP contribution in [0.4, 0.5) is 10.1 Å². The van der Waals surface area contributed by atoms with E-state index in [2.05, 4.69) is 15.3 Å². The maximum atomic E-state index is 14.8. The molecular formula is C20H21FN4O2S. The number of fused-ring (bicyclic) bond motifs is 1. The van der Waals surface area contributed by atoms with Crippen molar-refractivity contribution >= 4 is 28.5 Å². The second kappa shape index (κ2) is 7.43. The molecule has 2 aromatic rings. The second-order valence-electron chi connectivity index (χ2n) is 7.01. The Morgan fingerprint density at radius 3 is 3.00 bits per heavy atom. The van der Waals surface area contributed by atoms with Gasteiger partial charge in [-0.3, -0.25) is 9.79 Å². The number of amidine groups is 1. The van der Waals surface area contributed by atoms with E-state index in [1.54, 1.807) is 24.3 Å². The zero-order chi connectivity index (χ0) is 19.7. The number of nitrogens with two attached hydrogens (primary N) is 1. The summed E-state index contributed by atoms with van der Waals surface area (Å²) in [6.07, 6.45) is 4.21. The number of carbonyl (C=O) groups is 1. The van der Waals surface area contributed by atoms with Gasteiger partial charge in [0, 0.05) is 17.0 Å². The van der Waals surface area contributed by atoms with Gasteiger partial charge in [-0.05, 0) is 49.1 Å². The van der Waals surface area contributed by atoms with Crippen LogP contribution in [-0.2, 0) is 5.54 Å². The third-order valence-corrected chi connectivity index (χ3v) is 6.38. The van der Waals surface area contributed by atoms with Crippen LogP contribution in [0, 0.1) is 11.7 Å². The fourth-order valence-electron chi connectivity index (χ4n) is 4.02. The normalized spacial score (nSPS) is 23.6. The number of anilines is 1. The summed E-state index contributed by atoms with van der Waals surface area (Å²) in [5.41, 5.74) is 6.60. The highest BCUT2D eigenvalue weighted by Crippen LogP contribution is 2.51. The lowest BCUT2D eigenvalue weighted by molar-refractivity contribution is 0.102.